The molecule has 4 atom stereocenters. The highest BCUT2D eigenvalue weighted by Gasteiger charge is 2.35. The van der Waals surface area contributed by atoms with Crippen LogP contribution in [0.5, 0.6) is 0 Å². The van der Waals surface area contributed by atoms with E-state index >= 15 is 0 Å². The quantitative estimate of drug-likeness (QED) is 0.461. The van der Waals surface area contributed by atoms with Crippen LogP contribution in [0.3, 0.4) is 0 Å². The van der Waals surface area contributed by atoms with Crippen molar-refractivity contribution in [3.8, 4) is 0 Å². The molecule has 82 valence electrons. The van der Waals surface area contributed by atoms with Gasteiger partial charge in [-0.25, -0.2) is 0 Å². The highest BCUT2D eigenvalue weighted by Crippen LogP contribution is 2.23. The highest BCUT2D eigenvalue weighted by atomic mass is 16.8. The van der Waals surface area contributed by atoms with E-state index in [2.05, 4.69) is 0 Å². The molecule has 0 aromatic carbocycles. The number of hydrogen-bond acceptors (Lipinski definition) is 4. The lowest BCUT2D eigenvalue weighted by Crippen LogP contribution is -2.04. The Morgan fingerprint density at radius 3 is 1.50 bits per heavy atom. The fourth-order valence-electron chi connectivity index (χ4n) is 1.29. The maximum absolute atomic E-state index is 5.40. The van der Waals surface area contributed by atoms with Crippen molar-refractivity contribution >= 4 is 0 Å². The second-order valence-electron chi connectivity index (χ2n) is 3.87. The zero-order valence-electron chi connectivity index (χ0n) is 8.77. The fourth-order valence-corrected chi connectivity index (χ4v) is 1.29. The van der Waals surface area contributed by atoms with Crippen LogP contribution in [0.15, 0.2) is 0 Å². The largest absolute Gasteiger partial charge is 0.350 e. The number of hydrogen-bond donors (Lipinski definition) is 0. The van der Waals surface area contributed by atoms with Gasteiger partial charge in [0.25, 0.3) is 0 Å². The zero-order chi connectivity index (χ0) is 9.97. The Hall–Kier alpha value is -0.160. The smallest absolute Gasteiger partial charge is 0.184 e. The van der Waals surface area contributed by atoms with Gasteiger partial charge in [0, 0.05) is 13.2 Å². The van der Waals surface area contributed by atoms with Gasteiger partial charge in [-0.05, 0) is 26.7 Å². The molecule has 0 saturated carbocycles. The molecule has 2 aliphatic rings. The monoisotopic (exact) mass is 202 g/mol. The maximum atomic E-state index is 5.40. The molecule has 2 aliphatic heterocycles. The maximum Gasteiger partial charge on any atom is 0.184 e. The minimum absolute atomic E-state index is 0.0581. The van der Waals surface area contributed by atoms with Gasteiger partial charge in [-0.2, -0.15) is 0 Å². The van der Waals surface area contributed by atoms with Gasteiger partial charge in [0.2, 0.25) is 0 Å². The molecule has 2 heterocycles. The summed E-state index contributed by atoms with van der Waals surface area (Å²) < 4.78 is 21.0. The van der Waals surface area contributed by atoms with Gasteiger partial charge in [-0.3, -0.25) is 0 Å². The van der Waals surface area contributed by atoms with Gasteiger partial charge in [0.15, 0.2) is 12.6 Å². The Labute approximate surface area is 84.5 Å². The summed E-state index contributed by atoms with van der Waals surface area (Å²) in [5, 5.41) is 0. The van der Waals surface area contributed by atoms with Gasteiger partial charge in [-0.1, -0.05) is 0 Å². The molecule has 0 aromatic heterocycles. The summed E-state index contributed by atoms with van der Waals surface area (Å²) in [6.45, 7) is 5.55. The van der Waals surface area contributed by atoms with E-state index in [0.29, 0.717) is 12.2 Å². The Morgan fingerprint density at radius 1 is 0.857 bits per heavy atom. The first-order valence-corrected chi connectivity index (χ1v) is 5.31. The van der Waals surface area contributed by atoms with E-state index in [1.807, 2.05) is 13.8 Å². The molecule has 2 saturated heterocycles. The summed E-state index contributed by atoms with van der Waals surface area (Å²) >= 11 is 0. The standard InChI is InChI=1S/C10H18O4/c1-7-9(13-7)11-5-3-4-6-12-10-8(2)14-10/h7-10H,3-6H2,1-2H3. The van der Waals surface area contributed by atoms with Crippen molar-refractivity contribution in [1.82, 2.24) is 0 Å². The van der Waals surface area contributed by atoms with E-state index in [1.165, 1.54) is 0 Å². The van der Waals surface area contributed by atoms with Gasteiger partial charge in [0.05, 0.1) is 0 Å². The first-order chi connectivity index (χ1) is 6.77. The van der Waals surface area contributed by atoms with Crippen LogP contribution in [0.4, 0.5) is 0 Å². The molecule has 0 N–H and O–H groups in total. The summed E-state index contributed by atoms with van der Waals surface area (Å²) in [6, 6.07) is 0. The summed E-state index contributed by atoms with van der Waals surface area (Å²) in [7, 11) is 0. The van der Waals surface area contributed by atoms with Crippen molar-refractivity contribution in [3.05, 3.63) is 0 Å². The third-order valence-electron chi connectivity index (χ3n) is 2.41. The van der Waals surface area contributed by atoms with Crippen molar-refractivity contribution in [2.75, 3.05) is 13.2 Å². The molecule has 2 fully saturated rings. The number of epoxide rings is 2. The normalized spacial score (nSPS) is 39.9. The predicted octanol–water partition coefficient (Wildman–Crippen LogP) is 1.29. The second kappa shape index (κ2) is 4.57. The van der Waals surface area contributed by atoms with Gasteiger partial charge in [0.1, 0.15) is 12.2 Å². The van der Waals surface area contributed by atoms with Crippen LogP contribution in [-0.2, 0) is 18.9 Å². The summed E-state index contributed by atoms with van der Waals surface area (Å²) in [5.74, 6) is 0. The number of ether oxygens (including phenoxy) is 4. The lowest BCUT2D eigenvalue weighted by molar-refractivity contribution is 0.0279. The van der Waals surface area contributed by atoms with Crippen LogP contribution >= 0.6 is 0 Å². The van der Waals surface area contributed by atoms with Crippen LogP contribution in [-0.4, -0.2) is 38.0 Å². The molecule has 2 rings (SSSR count). The molecule has 0 spiro atoms. The number of rotatable bonds is 7. The topological polar surface area (TPSA) is 43.5 Å². The van der Waals surface area contributed by atoms with E-state index in [0.717, 1.165) is 26.1 Å². The van der Waals surface area contributed by atoms with Gasteiger partial charge in [-0.15, -0.1) is 0 Å². The van der Waals surface area contributed by atoms with Crippen LogP contribution in [0.1, 0.15) is 26.7 Å². The minimum Gasteiger partial charge on any atom is -0.350 e. The van der Waals surface area contributed by atoms with Crippen LogP contribution in [0, 0.1) is 0 Å². The molecular formula is C10H18O4. The lowest BCUT2D eigenvalue weighted by Gasteiger charge is -2.01. The zero-order valence-corrected chi connectivity index (χ0v) is 8.77. The SMILES string of the molecule is CC1OC1OCCCCOC1OC1C. The van der Waals surface area contributed by atoms with E-state index in [1.54, 1.807) is 0 Å². The van der Waals surface area contributed by atoms with E-state index in [9.17, 15) is 0 Å². The first kappa shape index (κ1) is 10.4. The Kier molecular flexibility index (Phi) is 3.38. The molecule has 14 heavy (non-hydrogen) atoms. The van der Waals surface area contributed by atoms with Crippen LogP contribution in [0.25, 0.3) is 0 Å². The lowest BCUT2D eigenvalue weighted by atomic mass is 10.3. The van der Waals surface area contributed by atoms with E-state index < -0.39 is 0 Å². The molecule has 0 bridgehead atoms. The third kappa shape index (κ3) is 3.20. The molecular weight excluding hydrogens is 184 g/mol. The molecule has 0 aliphatic carbocycles. The Balaban J connectivity index is 1.33. The average molecular weight is 202 g/mol. The highest BCUT2D eigenvalue weighted by molar-refractivity contribution is 4.71. The Morgan fingerprint density at radius 2 is 1.21 bits per heavy atom. The van der Waals surface area contributed by atoms with Gasteiger partial charge >= 0.3 is 0 Å². The molecule has 4 heteroatoms. The predicted molar refractivity (Wildman–Crippen MR) is 49.8 cm³/mol. The summed E-state index contributed by atoms with van der Waals surface area (Å²) in [4.78, 5) is 0. The summed E-state index contributed by atoms with van der Waals surface area (Å²) in [5.41, 5.74) is 0. The second-order valence-corrected chi connectivity index (χ2v) is 3.87. The fraction of sp³-hybridized carbons (Fsp3) is 1.00. The molecule has 0 radical (unpaired) electrons. The molecule has 0 aromatic rings. The van der Waals surface area contributed by atoms with Crippen molar-refractivity contribution in [2.45, 2.75) is 51.5 Å². The van der Waals surface area contributed by atoms with Crippen molar-refractivity contribution in [3.63, 3.8) is 0 Å². The van der Waals surface area contributed by atoms with E-state index in [-0.39, 0.29) is 12.6 Å². The van der Waals surface area contributed by atoms with Crippen LogP contribution in [0.2, 0.25) is 0 Å². The van der Waals surface area contributed by atoms with Crippen molar-refractivity contribution in [2.24, 2.45) is 0 Å². The number of unbranched alkanes of at least 4 members (excludes halogenated alkanes) is 1. The van der Waals surface area contributed by atoms with Crippen molar-refractivity contribution in [1.29, 1.82) is 0 Å². The van der Waals surface area contributed by atoms with Gasteiger partial charge < -0.3 is 18.9 Å². The average Bonchev–Trinajstić information content (AvgIpc) is 3.01. The first-order valence-electron chi connectivity index (χ1n) is 5.31. The third-order valence-corrected chi connectivity index (χ3v) is 2.41. The van der Waals surface area contributed by atoms with Crippen LogP contribution < -0.4 is 0 Å². The molecule has 4 unspecified atom stereocenters. The minimum atomic E-state index is 0.0581. The molecule has 4 nitrogen and oxygen atoms in total. The molecule has 0 amide bonds. The summed E-state index contributed by atoms with van der Waals surface area (Å²) in [6.07, 6.45) is 2.76. The van der Waals surface area contributed by atoms with Crippen molar-refractivity contribution < 1.29 is 18.9 Å². The Bertz CT molecular complexity index is 165. The van der Waals surface area contributed by atoms with E-state index in [4.69, 9.17) is 18.9 Å².